The minimum Gasteiger partial charge on any atom is -0.253 e. The summed E-state index contributed by atoms with van der Waals surface area (Å²) in [6.07, 6.45) is 1.66. The third kappa shape index (κ3) is 2.00. The Hall–Kier alpha value is -1.49. The quantitative estimate of drug-likeness (QED) is 0.504. The summed E-state index contributed by atoms with van der Waals surface area (Å²) in [6.45, 7) is 0. The van der Waals surface area contributed by atoms with Gasteiger partial charge in [0.15, 0.2) is 5.82 Å². The van der Waals surface area contributed by atoms with Gasteiger partial charge in [-0.15, -0.1) is 5.17 Å². The molecule has 0 aromatic carbocycles. The Morgan fingerprint density at radius 1 is 1.50 bits per heavy atom. The van der Waals surface area contributed by atoms with Crippen molar-refractivity contribution in [2.45, 2.75) is 0 Å². The summed E-state index contributed by atoms with van der Waals surface area (Å²) in [5.74, 6) is 0.602. The molecule has 0 saturated heterocycles. The second kappa shape index (κ2) is 4.40. The van der Waals surface area contributed by atoms with Gasteiger partial charge >= 0.3 is 0 Å². The number of hydrogen-bond donors (Lipinski definition) is 0. The van der Waals surface area contributed by atoms with Gasteiger partial charge in [-0.25, -0.2) is 4.98 Å². The van der Waals surface area contributed by atoms with Crippen LogP contribution < -0.4 is 5.17 Å². The topological polar surface area (TPSA) is 50.1 Å². The lowest BCUT2D eigenvalue weighted by Crippen LogP contribution is -2.14. The number of anilines is 1. The molecule has 0 unspecified atom stereocenters. The molecule has 64 valence electrons. The Labute approximate surface area is 70.6 Å². The van der Waals surface area contributed by atoms with E-state index in [4.69, 9.17) is 4.84 Å². The van der Waals surface area contributed by atoms with Gasteiger partial charge in [0.05, 0.1) is 14.2 Å². The fraction of sp³-hybridized carbons (Fsp3) is 0.286. The van der Waals surface area contributed by atoms with Crippen LogP contribution in [0.1, 0.15) is 0 Å². The van der Waals surface area contributed by atoms with Crippen LogP contribution in [-0.4, -0.2) is 19.1 Å². The minimum absolute atomic E-state index is 0.602. The van der Waals surface area contributed by atoms with E-state index in [9.17, 15) is 0 Å². The van der Waals surface area contributed by atoms with Crippen LogP contribution in [0.15, 0.2) is 34.7 Å². The van der Waals surface area contributed by atoms with Crippen molar-refractivity contribution in [2.24, 2.45) is 10.3 Å². The largest absolute Gasteiger partial charge is 0.253 e. The molecule has 1 aromatic rings. The standard InChI is InChI=1S/C7H10N4O/c1-8-10-11(12-2)7-5-3-4-6-9-7/h3-6H,1-2H3/b10-8-. The average Bonchev–Trinajstić information content (AvgIpc) is 2.15. The van der Waals surface area contributed by atoms with Crippen LogP contribution in [0.25, 0.3) is 0 Å². The van der Waals surface area contributed by atoms with E-state index in [2.05, 4.69) is 15.3 Å². The molecule has 5 heteroatoms. The van der Waals surface area contributed by atoms with E-state index in [1.54, 1.807) is 19.3 Å². The maximum absolute atomic E-state index is 4.89. The lowest BCUT2D eigenvalue weighted by Gasteiger charge is -2.11. The Morgan fingerprint density at radius 3 is 2.83 bits per heavy atom. The number of nitrogens with zero attached hydrogens (tertiary/aromatic N) is 4. The minimum atomic E-state index is 0.602. The highest BCUT2D eigenvalue weighted by atomic mass is 16.7. The van der Waals surface area contributed by atoms with Crippen molar-refractivity contribution < 1.29 is 4.84 Å². The van der Waals surface area contributed by atoms with E-state index >= 15 is 0 Å². The average molecular weight is 166 g/mol. The van der Waals surface area contributed by atoms with E-state index in [1.807, 2.05) is 12.1 Å². The van der Waals surface area contributed by atoms with Crippen LogP contribution >= 0.6 is 0 Å². The second-order valence-corrected chi connectivity index (χ2v) is 1.93. The Balaban J connectivity index is 2.80. The van der Waals surface area contributed by atoms with Crippen molar-refractivity contribution in [2.75, 3.05) is 19.3 Å². The van der Waals surface area contributed by atoms with E-state index in [0.717, 1.165) is 0 Å². The monoisotopic (exact) mass is 166 g/mol. The highest BCUT2D eigenvalue weighted by Gasteiger charge is 2.02. The predicted molar refractivity (Wildman–Crippen MR) is 44.5 cm³/mol. The van der Waals surface area contributed by atoms with Crippen LogP contribution in [0.2, 0.25) is 0 Å². The van der Waals surface area contributed by atoms with E-state index in [1.165, 1.54) is 12.3 Å². The third-order valence-corrected chi connectivity index (χ3v) is 1.19. The van der Waals surface area contributed by atoms with Gasteiger partial charge < -0.3 is 0 Å². The van der Waals surface area contributed by atoms with Gasteiger partial charge in [-0.05, 0) is 17.4 Å². The summed E-state index contributed by atoms with van der Waals surface area (Å²) in [7, 11) is 3.07. The summed E-state index contributed by atoms with van der Waals surface area (Å²) in [5, 5.41) is 8.49. The van der Waals surface area contributed by atoms with Gasteiger partial charge in [0.1, 0.15) is 0 Å². The SMILES string of the molecule is C/N=N\N(OC)c1ccccn1. The molecule has 1 aromatic heterocycles. The Bertz CT molecular complexity index is 249. The molecule has 1 heterocycles. The molecule has 12 heavy (non-hydrogen) atoms. The third-order valence-electron chi connectivity index (χ3n) is 1.19. The number of hydrogen-bond acceptors (Lipinski definition) is 4. The highest BCUT2D eigenvalue weighted by molar-refractivity contribution is 5.32. The summed E-state index contributed by atoms with van der Waals surface area (Å²) >= 11 is 0. The van der Waals surface area contributed by atoms with Gasteiger partial charge in [0.25, 0.3) is 0 Å². The summed E-state index contributed by atoms with van der Waals surface area (Å²) in [6, 6.07) is 5.44. The smallest absolute Gasteiger partial charge is 0.180 e. The maximum Gasteiger partial charge on any atom is 0.180 e. The van der Waals surface area contributed by atoms with Crippen molar-refractivity contribution in [1.29, 1.82) is 0 Å². The molecular formula is C7H10N4O. The van der Waals surface area contributed by atoms with Gasteiger partial charge in [0.2, 0.25) is 0 Å². The van der Waals surface area contributed by atoms with Gasteiger partial charge in [-0.1, -0.05) is 6.07 Å². The number of rotatable bonds is 3. The maximum atomic E-state index is 4.89. The summed E-state index contributed by atoms with van der Waals surface area (Å²) in [5.41, 5.74) is 0. The molecule has 0 N–H and O–H groups in total. The van der Waals surface area contributed by atoms with Crippen LogP contribution in [0.4, 0.5) is 5.82 Å². The summed E-state index contributed by atoms with van der Waals surface area (Å²) < 4.78 is 0. The Kier molecular flexibility index (Phi) is 3.16. The second-order valence-electron chi connectivity index (χ2n) is 1.93. The molecule has 1 rings (SSSR count). The first kappa shape index (κ1) is 8.61. The lowest BCUT2D eigenvalue weighted by molar-refractivity contribution is 0.161. The van der Waals surface area contributed by atoms with Gasteiger partial charge in [-0.3, -0.25) is 4.84 Å². The van der Waals surface area contributed by atoms with Crippen LogP contribution in [0, 0.1) is 0 Å². The van der Waals surface area contributed by atoms with Crippen molar-refractivity contribution in [3.63, 3.8) is 0 Å². The molecule has 5 nitrogen and oxygen atoms in total. The molecule has 0 atom stereocenters. The molecule has 0 radical (unpaired) electrons. The molecule has 0 amide bonds. The van der Waals surface area contributed by atoms with E-state index < -0.39 is 0 Å². The molecular weight excluding hydrogens is 156 g/mol. The van der Waals surface area contributed by atoms with E-state index in [-0.39, 0.29) is 0 Å². The van der Waals surface area contributed by atoms with Gasteiger partial charge in [-0.2, -0.15) is 5.11 Å². The van der Waals surface area contributed by atoms with Gasteiger partial charge in [0, 0.05) is 6.20 Å². The molecule has 0 fully saturated rings. The normalized spacial score (nSPS) is 10.5. The number of pyridine rings is 1. The van der Waals surface area contributed by atoms with Crippen molar-refractivity contribution in [3.05, 3.63) is 24.4 Å². The van der Waals surface area contributed by atoms with Crippen molar-refractivity contribution in [1.82, 2.24) is 4.98 Å². The zero-order chi connectivity index (χ0) is 8.81. The van der Waals surface area contributed by atoms with E-state index in [0.29, 0.717) is 5.82 Å². The lowest BCUT2D eigenvalue weighted by atomic mass is 10.5. The fourth-order valence-electron chi connectivity index (χ4n) is 0.724. The zero-order valence-electron chi connectivity index (χ0n) is 7.01. The van der Waals surface area contributed by atoms with Crippen molar-refractivity contribution >= 4 is 5.82 Å². The summed E-state index contributed by atoms with van der Waals surface area (Å²) in [4.78, 5) is 8.90. The molecule has 0 aliphatic rings. The molecule has 0 aliphatic carbocycles. The van der Waals surface area contributed by atoms with Crippen LogP contribution in [0.3, 0.4) is 0 Å². The molecule has 0 aliphatic heterocycles. The van der Waals surface area contributed by atoms with Crippen LogP contribution in [0.5, 0.6) is 0 Å². The van der Waals surface area contributed by atoms with Crippen LogP contribution in [-0.2, 0) is 4.84 Å². The molecule has 0 saturated carbocycles. The van der Waals surface area contributed by atoms with Crippen molar-refractivity contribution in [3.8, 4) is 0 Å². The zero-order valence-corrected chi connectivity index (χ0v) is 7.01. The first-order valence-electron chi connectivity index (χ1n) is 3.43. The number of aromatic nitrogens is 1. The molecule has 0 spiro atoms. The first-order chi connectivity index (χ1) is 5.88. The molecule has 0 bridgehead atoms. The fourth-order valence-corrected chi connectivity index (χ4v) is 0.724. The highest BCUT2D eigenvalue weighted by Crippen LogP contribution is 2.08. The predicted octanol–water partition coefficient (Wildman–Crippen LogP) is 1.45. The Morgan fingerprint density at radius 2 is 2.33 bits per heavy atom. The first-order valence-corrected chi connectivity index (χ1v) is 3.43.